The van der Waals surface area contributed by atoms with Crippen LogP contribution in [0.5, 0.6) is 0 Å². The van der Waals surface area contributed by atoms with Gasteiger partial charge in [-0.25, -0.2) is 19.5 Å². The van der Waals surface area contributed by atoms with E-state index in [1.807, 2.05) is 70.0 Å². The molecule has 8 aromatic rings. The fourth-order valence-corrected chi connectivity index (χ4v) is 8.59. The maximum absolute atomic E-state index is 5.67. The van der Waals surface area contributed by atoms with E-state index in [1.165, 1.54) is 17.5 Å². The lowest BCUT2D eigenvalue weighted by Crippen LogP contribution is -2.37. The Labute approximate surface area is 379 Å². The van der Waals surface area contributed by atoms with E-state index in [9.17, 15) is 0 Å². The average Bonchev–Trinajstić information content (AvgIpc) is 4.16. The summed E-state index contributed by atoms with van der Waals surface area (Å²) in [5, 5.41) is 18.7. The Morgan fingerprint density at radius 2 is 1.31 bits per heavy atom. The molecule has 0 amide bonds. The lowest BCUT2D eigenvalue weighted by atomic mass is 10.0. The van der Waals surface area contributed by atoms with Gasteiger partial charge in [0.15, 0.2) is 11.5 Å². The van der Waals surface area contributed by atoms with Gasteiger partial charge >= 0.3 is 0 Å². The number of nitrogens with one attached hydrogen (secondary N) is 2. The van der Waals surface area contributed by atoms with Crippen molar-refractivity contribution in [2.45, 2.75) is 20.8 Å². The number of fused-ring (bicyclic) bond motifs is 3. The summed E-state index contributed by atoms with van der Waals surface area (Å²) < 4.78 is 15.2. The average molecular weight is 871 g/mol. The van der Waals surface area contributed by atoms with Crippen LogP contribution >= 0.6 is 0 Å². The zero-order valence-corrected chi connectivity index (χ0v) is 36.6. The van der Waals surface area contributed by atoms with Gasteiger partial charge in [-0.15, -0.1) is 0 Å². The van der Waals surface area contributed by atoms with Crippen molar-refractivity contribution in [2.75, 3.05) is 73.3 Å². The Hall–Kier alpha value is -7.56. The number of rotatable bonds is 10. The van der Waals surface area contributed by atoms with Gasteiger partial charge in [0.2, 0.25) is 0 Å². The second kappa shape index (κ2) is 18.7. The van der Waals surface area contributed by atoms with Gasteiger partial charge in [-0.1, -0.05) is 59.7 Å². The molecule has 2 aromatic carbocycles. The van der Waals surface area contributed by atoms with Crippen LogP contribution < -0.4 is 20.7 Å². The van der Waals surface area contributed by atoms with Crippen molar-refractivity contribution in [2.24, 2.45) is 22.0 Å². The van der Waals surface area contributed by atoms with Crippen molar-refractivity contribution in [1.29, 1.82) is 0 Å². The highest BCUT2D eigenvalue weighted by molar-refractivity contribution is 5.82. The molecule has 3 saturated heterocycles. The van der Waals surface area contributed by atoms with E-state index >= 15 is 0 Å². The fourth-order valence-electron chi connectivity index (χ4n) is 8.59. The third kappa shape index (κ3) is 9.25. The Morgan fingerprint density at radius 3 is 2.00 bits per heavy atom. The van der Waals surface area contributed by atoms with Gasteiger partial charge < -0.3 is 19.3 Å². The third-order valence-corrected chi connectivity index (χ3v) is 12.0. The quantitative estimate of drug-likeness (QED) is 0.102. The van der Waals surface area contributed by atoms with Crippen LogP contribution in [-0.2, 0) is 9.47 Å². The zero-order chi connectivity index (χ0) is 44.1. The summed E-state index contributed by atoms with van der Waals surface area (Å²) in [7, 11) is 0. The number of hydrazone groups is 2. The minimum Gasteiger partial charge on any atom is -0.381 e. The maximum atomic E-state index is 5.67. The maximum Gasteiger partial charge on any atom is 0.160 e. The topological polar surface area (TPSA) is 160 Å². The van der Waals surface area contributed by atoms with Crippen molar-refractivity contribution in [3.63, 3.8) is 0 Å². The minimum absolute atomic E-state index is 0. The summed E-state index contributed by atoms with van der Waals surface area (Å²) in [5.74, 6) is 3.85. The van der Waals surface area contributed by atoms with Gasteiger partial charge in [0, 0.05) is 101 Å². The number of ether oxygens (including phenoxy) is 2. The van der Waals surface area contributed by atoms with Crippen LogP contribution in [0, 0.1) is 32.6 Å². The standard InChI is InChI=1S/C25H25N7O.C24H25N7O.2H2/c1-17-3-2-4-18(9-17)12-27-29-23-11-25(31-13-20-15-33-16-21(20)14-31)32-24(28-23)10-22(30-32)19-5-7-26-8-6-19;1-17-4-3-5-19(10-17)13-27-28-21-12-24(30-6-8-32-9-7-30)31-23(18(21)2)11-22(29-31)20-14-25-16-26-15-20;;/h2-12,20-21H,13-16H2,1H3,(H,28,29);3-5,10-16,28H,6-9H2,1-2H3;2*1H/b27-12+;27-13+;;. The largest absolute Gasteiger partial charge is 0.381 e. The molecule has 2 atom stereocenters. The number of anilines is 4. The molecule has 3 fully saturated rings. The van der Waals surface area contributed by atoms with Crippen molar-refractivity contribution in [1.82, 2.24) is 39.2 Å². The first-order chi connectivity index (χ1) is 31.9. The van der Waals surface area contributed by atoms with Crippen LogP contribution in [0.25, 0.3) is 33.7 Å². The first-order valence-corrected chi connectivity index (χ1v) is 21.9. The van der Waals surface area contributed by atoms with E-state index in [2.05, 4.69) is 103 Å². The Bertz CT molecular complexity index is 2980. The molecular formula is C49H54N14O2. The predicted octanol–water partition coefficient (Wildman–Crippen LogP) is 7.81. The third-order valence-electron chi connectivity index (χ3n) is 12.0. The fraction of sp³-hybridized carbons (Fsp3) is 0.265. The highest BCUT2D eigenvalue weighted by Crippen LogP contribution is 2.35. The number of morpholine rings is 1. The molecule has 9 heterocycles. The summed E-state index contributed by atoms with van der Waals surface area (Å²) in [5.41, 5.74) is 18.3. The second-order valence-corrected chi connectivity index (χ2v) is 16.7. The van der Waals surface area contributed by atoms with Gasteiger partial charge in [-0.3, -0.25) is 15.8 Å². The molecule has 16 heteroatoms. The van der Waals surface area contributed by atoms with Crippen LogP contribution in [0.15, 0.2) is 126 Å². The summed E-state index contributed by atoms with van der Waals surface area (Å²) in [6.45, 7) is 12.8. The van der Waals surface area contributed by atoms with Crippen LogP contribution in [-0.4, -0.2) is 104 Å². The number of pyridine rings is 2. The minimum atomic E-state index is 0. The van der Waals surface area contributed by atoms with E-state index in [1.54, 1.807) is 24.8 Å². The molecule has 2 unspecified atom stereocenters. The molecule has 0 spiro atoms. The molecule has 0 radical (unpaired) electrons. The predicted molar refractivity (Wildman–Crippen MR) is 259 cm³/mol. The van der Waals surface area contributed by atoms with Crippen molar-refractivity contribution in [3.8, 4) is 22.5 Å². The first-order valence-electron chi connectivity index (χ1n) is 21.9. The Kier molecular flexibility index (Phi) is 11.9. The molecule has 2 N–H and O–H groups in total. The normalized spacial score (nSPS) is 17.3. The first kappa shape index (κ1) is 41.5. The number of hydrogen-bond acceptors (Lipinski definition) is 14. The number of hydrogen-bond donors (Lipinski definition) is 2. The number of aromatic nitrogens is 8. The Morgan fingerprint density at radius 1 is 0.662 bits per heavy atom. The second-order valence-electron chi connectivity index (χ2n) is 16.7. The van der Waals surface area contributed by atoms with Crippen molar-refractivity contribution in [3.05, 3.63) is 144 Å². The van der Waals surface area contributed by atoms with Gasteiger partial charge in [0.1, 0.15) is 18.0 Å². The van der Waals surface area contributed by atoms with Crippen LogP contribution in [0.4, 0.5) is 23.1 Å². The highest BCUT2D eigenvalue weighted by Gasteiger charge is 2.38. The summed E-state index contributed by atoms with van der Waals surface area (Å²) >= 11 is 0. The lowest BCUT2D eigenvalue weighted by Gasteiger charge is -2.29. The zero-order valence-electron chi connectivity index (χ0n) is 36.6. The summed E-state index contributed by atoms with van der Waals surface area (Å²) in [4.78, 5) is 21.9. The monoisotopic (exact) mass is 870 g/mol. The van der Waals surface area contributed by atoms with E-state index in [0.717, 1.165) is 107 Å². The number of aryl methyl sites for hydroxylation is 3. The van der Waals surface area contributed by atoms with Gasteiger partial charge in [-0.2, -0.15) is 24.9 Å². The molecule has 11 rings (SSSR count). The molecule has 332 valence electrons. The molecule has 3 aliphatic heterocycles. The summed E-state index contributed by atoms with van der Waals surface area (Å²) in [6, 6.07) is 28.6. The van der Waals surface area contributed by atoms with Gasteiger partial charge in [0.25, 0.3) is 0 Å². The molecule has 6 aromatic heterocycles. The molecule has 0 bridgehead atoms. The molecular weight excluding hydrogens is 817 g/mol. The molecule has 0 aliphatic carbocycles. The molecule has 0 saturated carbocycles. The van der Waals surface area contributed by atoms with Crippen LogP contribution in [0.1, 0.15) is 30.7 Å². The number of nitrogens with zero attached hydrogens (tertiary/aromatic N) is 12. The highest BCUT2D eigenvalue weighted by atomic mass is 16.5. The molecule has 3 aliphatic rings. The smallest absolute Gasteiger partial charge is 0.160 e. The van der Waals surface area contributed by atoms with Gasteiger partial charge in [0.05, 0.1) is 61.4 Å². The van der Waals surface area contributed by atoms with E-state index < -0.39 is 0 Å². The lowest BCUT2D eigenvalue weighted by molar-refractivity contribution is 0.122. The molecule has 65 heavy (non-hydrogen) atoms. The Balaban J connectivity index is 0.000000176. The van der Waals surface area contributed by atoms with Crippen LogP contribution in [0.2, 0.25) is 0 Å². The number of benzene rings is 2. The van der Waals surface area contributed by atoms with E-state index in [-0.39, 0.29) is 2.85 Å². The SMILES string of the molecule is Cc1cccc(/C=N/Nc2cc(N3CC4COCC4C3)n3nc(-c4ccncc4)cc3n2)c1.Cc1cccc(/C=N/Nc2cc(N3CCOCC3)n3nc(-c4cncnc4)cc3c2C)c1.[HH].[HH]. The van der Waals surface area contributed by atoms with Crippen LogP contribution in [0.3, 0.4) is 0 Å². The van der Waals surface area contributed by atoms with Gasteiger partial charge in [-0.05, 0) is 50.1 Å². The molecule has 16 nitrogen and oxygen atoms in total. The van der Waals surface area contributed by atoms with Crippen molar-refractivity contribution >= 4 is 46.7 Å². The van der Waals surface area contributed by atoms with Crippen molar-refractivity contribution < 1.29 is 12.3 Å². The van der Waals surface area contributed by atoms with E-state index in [0.29, 0.717) is 30.9 Å². The van der Waals surface area contributed by atoms with E-state index in [4.69, 9.17) is 24.7 Å². The summed E-state index contributed by atoms with van der Waals surface area (Å²) in [6.07, 6.45) is 12.3.